The summed E-state index contributed by atoms with van der Waals surface area (Å²) in [5.74, 6) is 0.643. The fraction of sp³-hybridized carbons (Fsp3) is 0.692. The number of ketones is 1. The van der Waals surface area contributed by atoms with E-state index in [-0.39, 0.29) is 35.7 Å². The van der Waals surface area contributed by atoms with Crippen LogP contribution in [0.4, 0.5) is 4.79 Å². The van der Waals surface area contributed by atoms with E-state index in [9.17, 15) is 9.59 Å². The average molecular weight is 460 g/mol. The molecule has 178 valence electrons. The van der Waals surface area contributed by atoms with E-state index >= 15 is 0 Å². The van der Waals surface area contributed by atoms with Crippen LogP contribution in [-0.2, 0) is 20.6 Å². The summed E-state index contributed by atoms with van der Waals surface area (Å²) in [6.45, 7) is 15.6. The summed E-state index contributed by atoms with van der Waals surface area (Å²) in [5.41, 5.74) is 0.0547. The third kappa shape index (κ3) is 4.53. The Morgan fingerprint density at radius 1 is 1.16 bits per heavy atom. The monoisotopic (exact) mass is 459 g/mol. The van der Waals surface area contributed by atoms with Crippen LogP contribution >= 0.6 is 0 Å². The largest absolute Gasteiger partial charge is 0.445 e. The molecule has 2 bridgehead atoms. The Hall–Kier alpha value is -1.66. The lowest BCUT2D eigenvalue weighted by atomic mass is 9.62. The van der Waals surface area contributed by atoms with E-state index in [2.05, 4.69) is 45.7 Å². The molecule has 0 saturated heterocycles. The van der Waals surface area contributed by atoms with Gasteiger partial charge in [-0.15, -0.1) is 0 Å². The molecule has 1 amide bonds. The molecule has 0 spiro atoms. The van der Waals surface area contributed by atoms with Crippen LogP contribution < -0.4 is 5.32 Å². The topological polar surface area (TPSA) is 64.6 Å². The molecular weight excluding hydrogens is 418 g/mol. The normalized spacial score (nSPS) is 29.5. The van der Waals surface area contributed by atoms with E-state index in [4.69, 9.17) is 9.16 Å². The molecule has 0 radical (unpaired) electrons. The summed E-state index contributed by atoms with van der Waals surface area (Å²) >= 11 is 0. The number of fused-ring (bicyclic) bond motifs is 2. The number of carbonyl (C=O) groups is 2. The van der Waals surface area contributed by atoms with Gasteiger partial charge in [-0.1, -0.05) is 58.0 Å². The Kier molecular flexibility index (Phi) is 6.97. The maximum Gasteiger partial charge on any atom is 0.407 e. The van der Waals surface area contributed by atoms with Crippen LogP contribution in [0, 0.1) is 16.7 Å². The number of hydrogen-bond acceptors (Lipinski definition) is 4. The molecule has 0 unspecified atom stereocenters. The molecule has 0 heterocycles. The van der Waals surface area contributed by atoms with Gasteiger partial charge in [0.25, 0.3) is 0 Å². The molecule has 2 aliphatic carbocycles. The van der Waals surface area contributed by atoms with E-state index in [1.165, 1.54) is 0 Å². The Labute approximate surface area is 194 Å². The number of hydrogen-bond donors (Lipinski definition) is 1. The standard InChI is InChI=1S/C26H41NO4Si/c1-8-21(27-23(29)30-18-19-12-10-9-11-13-19)16-22(28)26(31-32(5,6)7)17-20-14-15-25(26,4)24(20,2)3/h9-13,20-21H,8,14-18H2,1-7H3,(H,27,29)/t20-,21-,25-,26-/m1/s1. The maximum atomic E-state index is 14.0. The van der Waals surface area contributed by atoms with Crippen molar-refractivity contribution in [3.8, 4) is 0 Å². The summed E-state index contributed by atoms with van der Waals surface area (Å²) in [6, 6.07) is 9.34. The number of nitrogens with one attached hydrogen (secondary N) is 1. The Bertz CT molecular complexity index is 834. The molecule has 5 nitrogen and oxygen atoms in total. The zero-order valence-corrected chi connectivity index (χ0v) is 21.9. The fourth-order valence-corrected chi connectivity index (χ4v) is 7.49. The number of alkyl carbamates (subject to hydrolysis) is 1. The van der Waals surface area contributed by atoms with Crippen LogP contribution in [0.25, 0.3) is 0 Å². The van der Waals surface area contributed by atoms with Gasteiger partial charge in [0.2, 0.25) is 0 Å². The van der Waals surface area contributed by atoms with Crippen molar-refractivity contribution in [1.29, 1.82) is 0 Å². The minimum atomic E-state index is -1.98. The van der Waals surface area contributed by atoms with Gasteiger partial charge in [-0.25, -0.2) is 4.79 Å². The van der Waals surface area contributed by atoms with Crippen LogP contribution in [-0.4, -0.2) is 31.8 Å². The molecule has 0 aliphatic heterocycles. The highest BCUT2D eigenvalue weighted by Gasteiger charge is 2.72. The van der Waals surface area contributed by atoms with Crippen molar-refractivity contribution in [2.75, 3.05) is 0 Å². The first-order valence-electron chi connectivity index (χ1n) is 12.1. The van der Waals surface area contributed by atoms with Crippen molar-refractivity contribution in [3.05, 3.63) is 35.9 Å². The Morgan fingerprint density at radius 3 is 2.31 bits per heavy atom. The third-order valence-electron chi connectivity index (χ3n) is 8.25. The number of amides is 1. The summed E-state index contributed by atoms with van der Waals surface area (Å²) in [6.07, 6.45) is 3.44. The zero-order chi connectivity index (χ0) is 23.8. The van der Waals surface area contributed by atoms with E-state index in [1.807, 2.05) is 37.3 Å². The first-order valence-corrected chi connectivity index (χ1v) is 15.5. The highest BCUT2D eigenvalue weighted by Crippen LogP contribution is 2.71. The van der Waals surface area contributed by atoms with Crippen LogP contribution in [0.1, 0.15) is 65.4 Å². The molecule has 1 aromatic rings. The van der Waals surface area contributed by atoms with Crippen molar-refractivity contribution in [2.45, 2.75) is 97.7 Å². The van der Waals surface area contributed by atoms with Gasteiger partial charge in [0.1, 0.15) is 12.2 Å². The number of ether oxygens (including phenoxy) is 1. The molecule has 3 rings (SSSR count). The van der Waals surface area contributed by atoms with Gasteiger partial charge in [0.05, 0.1) is 0 Å². The van der Waals surface area contributed by atoms with Gasteiger partial charge in [0, 0.05) is 17.9 Å². The quantitative estimate of drug-likeness (QED) is 0.454. The van der Waals surface area contributed by atoms with Crippen molar-refractivity contribution in [1.82, 2.24) is 5.32 Å². The molecule has 6 heteroatoms. The minimum Gasteiger partial charge on any atom is -0.445 e. The minimum absolute atomic E-state index is 0.0616. The average Bonchev–Trinajstić information content (AvgIpc) is 3.03. The molecule has 2 aliphatic rings. The molecule has 4 atom stereocenters. The second kappa shape index (κ2) is 8.94. The first kappa shape index (κ1) is 25.0. The molecule has 2 fully saturated rings. The molecule has 2 saturated carbocycles. The zero-order valence-electron chi connectivity index (χ0n) is 20.9. The first-order chi connectivity index (χ1) is 14.8. The van der Waals surface area contributed by atoms with Gasteiger partial charge < -0.3 is 14.5 Å². The fourth-order valence-electron chi connectivity index (χ4n) is 6.02. The molecule has 1 N–H and O–H groups in total. The van der Waals surface area contributed by atoms with Crippen LogP contribution in [0.15, 0.2) is 30.3 Å². The highest BCUT2D eigenvalue weighted by atomic mass is 28.4. The molecule has 1 aromatic carbocycles. The van der Waals surface area contributed by atoms with E-state index in [1.54, 1.807) is 0 Å². The molecular formula is C26H41NO4Si. The van der Waals surface area contributed by atoms with Crippen molar-refractivity contribution < 1.29 is 18.8 Å². The summed E-state index contributed by atoms with van der Waals surface area (Å²) in [5, 5.41) is 2.92. The summed E-state index contributed by atoms with van der Waals surface area (Å²) < 4.78 is 12.2. The van der Waals surface area contributed by atoms with Crippen molar-refractivity contribution in [3.63, 3.8) is 0 Å². The van der Waals surface area contributed by atoms with Crippen LogP contribution in [0.2, 0.25) is 19.6 Å². The van der Waals surface area contributed by atoms with Gasteiger partial charge in [-0.05, 0) is 62.2 Å². The van der Waals surface area contributed by atoms with Gasteiger partial charge in [-0.3, -0.25) is 4.79 Å². The molecule has 0 aromatic heterocycles. The van der Waals surface area contributed by atoms with Crippen molar-refractivity contribution in [2.24, 2.45) is 16.7 Å². The SMILES string of the molecule is CC[C@H](CC(=O)[C@]1(O[Si](C)(C)C)C[C@H]2CC[C@]1(C)C2(C)C)NC(=O)OCc1ccccc1. The summed E-state index contributed by atoms with van der Waals surface area (Å²) in [7, 11) is -1.98. The second-order valence-electron chi connectivity index (χ2n) is 11.5. The molecule has 32 heavy (non-hydrogen) atoms. The number of carbonyl (C=O) groups excluding carboxylic acids is 2. The van der Waals surface area contributed by atoms with Gasteiger partial charge >= 0.3 is 6.09 Å². The van der Waals surface area contributed by atoms with E-state index < -0.39 is 20.0 Å². The smallest absolute Gasteiger partial charge is 0.407 e. The Balaban J connectivity index is 1.72. The lowest BCUT2D eigenvalue weighted by molar-refractivity contribution is -0.152. The Morgan fingerprint density at radius 2 is 1.81 bits per heavy atom. The third-order valence-corrected chi connectivity index (χ3v) is 9.21. The van der Waals surface area contributed by atoms with Gasteiger partial charge in [0.15, 0.2) is 14.1 Å². The second-order valence-corrected chi connectivity index (χ2v) is 15.9. The highest BCUT2D eigenvalue weighted by molar-refractivity contribution is 6.70. The summed E-state index contributed by atoms with van der Waals surface area (Å²) in [4.78, 5) is 26.4. The van der Waals surface area contributed by atoms with Crippen LogP contribution in [0.3, 0.4) is 0 Å². The van der Waals surface area contributed by atoms with E-state index in [0.717, 1.165) is 24.8 Å². The lowest BCUT2D eigenvalue weighted by Gasteiger charge is -2.50. The lowest BCUT2D eigenvalue weighted by Crippen LogP contribution is -2.59. The van der Waals surface area contributed by atoms with Crippen LogP contribution in [0.5, 0.6) is 0 Å². The predicted octanol–water partition coefficient (Wildman–Crippen LogP) is 6.09. The van der Waals surface area contributed by atoms with Gasteiger partial charge in [-0.2, -0.15) is 0 Å². The predicted molar refractivity (Wildman–Crippen MR) is 130 cm³/mol. The maximum absolute atomic E-state index is 14.0. The van der Waals surface area contributed by atoms with Crippen molar-refractivity contribution >= 4 is 20.2 Å². The number of Topliss-reactive ketones (excluding diaryl/α,β-unsaturated/α-hetero) is 1. The van der Waals surface area contributed by atoms with E-state index in [0.29, 0.717) is 12.3 Å². The number of benzene rings is 1. The number of rotatable bonds is 9.